The van der Waals surface area contributed by atoms with Crippen LogP contribution < -0.4 is 0 Å². The van der Waals surface area contributed by atoms with Crippen LogP contribution in [0.5, 0.6) is 0 Å². The van der Waals surface area contributed by atoms with Gasteiger partial charge in [-0.2, -0.15) is 5.26 Å². The molecule has 0 radical (unpaired) electrons. The highest BCUT2D eigenvalue weighted by Gasteiger charge is 2.31. The molecule has 1 aromatic heterocycles. The zero-order valence-electron chi connectivity index (χ0n) is 17.9. The summed E-state index contributed by atoms with van der Waals surface area (Å²) < 4.78 is 7.82. The number of carbonyl (C=O) groups is 1. The van der Waals surface area contributed by atoms with Crippen LogP contribution in [0.15, 0.2) is 47.2 Å². The Morgan fingerprint density at radius 3 is 2.44 bits per heavy atom. The fraction of sp³-hybridized carbons (Fsp3) is 0.292. The quantitative estimate of drug-likeness (QED) is 0.307. The first-order valence-electron chi connectivity index (χ1n) is 10.2. The Kier molecular flexibility index (Phi) is 8.00. The third-order valence-electron chi connectivity index (χ3n) is 5.10. The molecule has 3 aromatic rings. The van der Waals surface area contributed by atoms with E-state index < -0.39 is 5.97 Å². The first-order valence-corrected chi connectivity index (χ1v) is 11.7. The lowest BCUT2D eigenvalue weighted by Gasteiger charge is -2.24. The van der Waals surface area contributed by atoms with Gasteiger partial charge in [0, 0.05) is 22.0 Å². The van der Waals surface area contributed by atoms with Gasteiger partial charge in [0.25, 0.3) is 0 Å². The van der Waals surface area contributed by atoms with Crippen LogP contribution in [0.4, 0.5) is 0 Å². The van der Waals surface area contributed by atoms with Gasteiger partial charge in [-0.3, -0.25) is 0 Å². The highest BCUT2D eigenvalue weighted by atomic mass is 79.9. The molecule has 0 aliphatic carbocycles. The number of nitrogens with zero attached hydrogens (tertiary/aromatic N) is 3. The Morgan fingerprint density at radius 2 is 1.84 bits per heavy atom. The molecule has 2 aromatic carbocycles. The largest absolute Gasteiger partial charge is 0.461 e. The Bertz CT molecular complexity index is 1170. The van der Waals surface area contributed by atoms with Gasteiger partial charge in [-0.05, 0) is 84.6 Å². The van der Waals surface area contributed by atoms with E-state index in [2.05, 4.69) is 27.0 Å². The fourth-order valence-electron chi connectivity index (χ4n) is 3.72. The van der Waals surface area contributed by atoms with Gasteiger partial charge in [0.05, 0.1) is 23.9 Å². The van der Waals surface area contributed by atoms with E-state index in [4.69, 9.17) is 27.9 Å². The highest BCUT2D eigenvalue weighted by molar-refractivity contribution is 9.10. The Labute approximate surface area is 206 Å². The number of halogens is 3. The van der Waals surface area contributed by atoms with Crippen LogP contribution in [0.25, 0.3) is 0 Å². The van der Waals surface area contributed by atoms with Crippen molar-refractivity contribution in [3.8, 4) is 6.07 Å². The van der Waals surface area contributed by atoms with Crippen molar-refractivity contribution in [1.29, 1.82) is 5.26 Å². The SMILES string of the molecule is CCOC(=O)c1nc(Br)n(C(C)C)c1C(Cc1cc(Cl)ccc1C#N)c1ccc(Cl)cc1. The summed E-state index contributed by atoms with van der Waals surface area (Å²) in [6.07, 6.45) is 0.433. The van der Waals surface area contributed by atoms with E-state index in [0.29, 0.717) is 32.5 Å². The van der Waals surface area contributed by atoms with E-state index >= 15 is 0 Å². The van der Waals surface area contributed by atoms with Gasteiger partial charge in [-0.15, -0.1) is 0 Å². The van der Waals surface area contributed by atoms with Gasteiger partial charge in [-0.25, -0.2) is 9.78 Å². The summed E-state index contributed by atoms with van der Waals surface area (Å²) in [6.45, 7) is 6.03. The third kappa shape index (κ3) is 5.17. The summed E-state index contributed by atoms with van der Waals surface area (Å²) in [5.41, 5.74) is 3.19. The van der Waals surface area contributed by atoms with Crippen molar-refractivity contribution in [2.24, 2.45) is 0 Å². The van der Waals surface area contributed by atoms with E-state index in [1.54, 1.807) is 25.1 Å². The zero-order valence-corrected chi connectivity index (χ0v) is 21.0. The van der Waals surface area contributed by atoms with Crippen LogP contribution in [0.1, 0.15) is 65.6 Å². The molecule has 166 valence electrons. The topological polar surface area (TPSA) is 67.9 Å². The first-order chi connectivity index (χ1) is 15.3. The van der Waals surface area contributed by atoms with E-state index in [1.807, 2.05) is 42.7 Å². The Hall–Kier alpha value is -2.33. The molecule has 32 heavy (non-hydrogen) atoms. The molecule has 0 aliphatic rings. The minimum absolute atomic E-state index is 0.0136. The van der Waals surface area contributed by atoms with E-state index in [1.165, 1.54) is 0 Å². The number of imidazole rings is 1. The molecule has 5 nitrogen and oxygen atoms in total. The van der Waals surface area contributed by atoms with Gasteiger partial charge in [0.1, 0.15) is 0 Å². The third-order valence-corrected chi connectivity index (χ3v) is 6.15. The highest BCUT2D eigenvalue weighted by Crippen LogP contribution is 2.37. The average molecular weight is 535 g/mol. The molecule has 0 fully saturated rings. The van der Waals surface area contributed by atoms with Crippen LogP contribution in [0, 0.1) is 11.3 Å². The number of hydrogen-bond acceptors (Lipinski definition) is 4. The van der Waals surface area contributed by atoms with Crippen LogP contribution >= 0.6 is 39.1 Å². The van der Waals surface area contributed by atoms with Crippen LogP contribution in [0.3, 0.4) is 0 Å². The predicted octanol–water partition coefficient (Wildman–Crippen LogP) is 6.96. The number of benzene rings is 2. The molecule has 0 spiro atoms. The van der Waals surface area contributed by atoms with Crippen molar-refractivity contribution in [2.75, 3.05) is 6.61 Å². The summed E-state index contributed by atoms with van der Waals surface area (Å²) >= 11 is 15.9. The van der Waals surface area contributed by atoms with Crippen LogP contribution in [-0.2, 0) is 11.2 Å². The van der Waals surface area contributed by atoms with Crippen LogP contribution in [0.2, 0.25) is 10.0 Å². The molecule has 3 rings (SSSR count). The summed E-state index contributed by atoms with van der Waals surface area (Å²) in [7, 11) is 0. The molecular weight excluding hydrogens is 513 g/mol. The normalized spacial score (nSPS) is 11.9. The minimum atomic E-state index is -0.492. The average Bonchev–Trinajstić information content (AvgIpc) is 3.10. The van der Waals surface area contributed by atoms with Crippen molar-refractivity contribution in [2.45, 2.75) is 39.2 Å². The number of nitriles is 1. The minimum Gasteiger partial charge on any atom is -0.461 e. The molecule has 1 heterocycles. The van der Waals surface area contributed by atoms with Crippen molar-refractivity contribution in [3.63, 3.8) is 0 Å². The summed E-state index contributed by atoms with van der Waals surface area (Å²) in [5.74, 6) is -0.799. The number of carbonyl (C=O) groups excluding carboxylic acids is 1. The second-order valence-corrected chi connectivity index (χ2v) is 9.10. The number of aromatic nitrogens is 2. The molecule has 8 heteroatoms. The van der Waals surface area contributed by atoms with Crippen molar-refractivity contribution in [1.82, 2.24) is 9.55 Å². The molecule has 0 aliphatic heterocycles. The van der Waals surface area contributed by atoms with Crippen molar-refractivity contribution < 1.29 is 9.53 Å². The molecular formula is C24H22BrCl2N3O2. The molecule has 0 saturated heterocycles. The molecule has 1 atom stereocenters. The standard InChI is InChI=1S/C24H22BrCl2N3O2/c1-4-32-23(31)21-22(30(14(2)3)24(25)29-21)20(15-5-8-18(26)9-6-15)12-17-11-19(27)10-7-16(17)13-28/h5-11,14,20H,4,12H2,1-3H3. The fourth-order valence-corrected chi connectivity index (χ4v) is 4.82. The van der Waals surface area contributed by atoms with E-state index in [-0.39, 0.29) is 24.3 Å². The molecule has 0 N–H and O–H groups in total. The summed E-state index contributed by atoms with van der Waals surface area (Å²) in [6, 6.07) is 14.9. The lowest BCUT2D eigenvalue weighted by Crippen LogP contribution is -2.18. The number of hydrogen-bond donors (Lipinski definition) is 0. The van der Waals surface area contributed by atoms with Gasteiger partial charge < -0.3 is 9.30 Å². The van der Waals surface area contributed by atoms with Gasteiger partial charge in [-0.1, -0.05) is 35.3 Å². The maximum Gasteiger partial charge on any atom is 0.358 e. The Balaban J connectivity index is 2.27. The zero-order chi connectivity index (χ0) is 23.4. The number of esters is 1. The smallest absolute Gasteiger partial charge is 0.358 e. The molecule has 0 bridgehead atoms. The Morgan fingerprint density at radius 1 is 1.19 bits per heavy atom. The molecule has 1 unspecified atom stereocenters. The van der Waals surface area contributed by atoms with Crippen molar-refractivity contribution in [3.05, 3.63) is 85.3 Å². The first kappa shape index (κ1) is 24.3. The lowest BCUT2D eigenvalue weighted by atomic mass is 9.86. The second kappa shape index (κ2) is 10.5. The predicted molar refractivity (Wildman–Crippen MR) is 129 cm³/mol. The van der Waals surface area contributed by atoms with Gasteiger partial charge in [0.15, 0.2) is 10.4 Å². The van der Waals surface area contributed by atoms with Gasteiger partial charge in [0.2, 0.25) is 0 Å². The summed E-state index contributed by atoms with van der Waals surface area (Å²) in [5, 5.41) is 10.8. The maximum atomic E-state index is 12.9. The maximum absolute atomic E-state index is 12.9. The molecule has 0 amide bonds. The van der Waals surface area contributed by atoms with Crippen molar-refractivity contribution >= 4 is 45.1 Å². The monoisotopic (exact) mass is 533 g/mol. The number of ether oxygens (including phenoxy) is 1. The second-order valence-electron chi connectivity index (χ2n) is 7.52. The van der Waals surface area contributed by atoms with E-state index in [0.717, 1.165) is 11.1 Å². The van der Waals surface area contributed by atoms with Crippen LogP contribution in [-0.4, -0.2) is 22.1 Å². The molecule has 0 saturated carbocycles. The van der Waals surface area contributed by atoms with Gasteiger partial charge >= 0.3 is 5.97 Å². The summed E-state index contributed by atoms with van der Waals surface area (Å²) in [4.78, 5) is 17.4. The lowest BCUT2D eigenvalue weighted by molar-refractivity contribution is 0.0518. The van der Waals surface area contributed by atoms with E-state index in [9.17, 15) is 10.1 Å². The number of rotatable bonds is 7.